The lowest BCUT2D eigenvalue weighted by Crippen LogP contribution is -2.36. The number of rotatable bonds is 3. The van der Waals surface area contributed by atoms with Gasteiger partial charge in [0.2, 0.25) is 5.95 Å². The smallest absolute Gasteiger partial charge is 0.277 e. The fraction of sp³-hybridized carbons (Fsp3) is 0.190. The third-order valence-corrected chi connectivity index (χ3v) is 4.53. The Bertz CT molecular complexity index is 955. The van der Waals surface area contributed by atoms with E-state index in [2.05, 4.69) is 28.3 Å². The molecule has 0 spiro atoms. The van der Waals surface area contributed by atoms with Crippen molar-refractivity contribution in [1.82, 2.24) is 9.97 Å². The van der Waals surface area contributed by atoms with Gasteiger partial charge >= 0.3 is 0 Å². The molecule has 0 fully saturated rings. The fourth-order valence-corrected chi connectivity index (χ4v) is 3.38. The number of anilines is 3. The van der Waals surface area contributed by atoms with Crippen LogP contribution in [0.3, 0.4) is 0 Å². The second kappa shape index (κ2) is 6.59. The summed E-state index contributed by atoms with van der Waals surface area (Å²) in [4.78, 5) is 23.9. The summed E-state index contributed by atoms with van der Waals surface area (Å²) in [5.74, 6) is 0.337. The van der Waals surface area contributed by atoms with Gasteiger partial charge in [0.15, 0.2) is 0 Å². The van der Waals surface area contributed by atoms with Crippen molar-refractivity contribution in [2.75, 3.05) is 10.2 Å². The number of amides is 1. The van der Waals surface area contributed by atoms with Crippen LogP contribution in [0.1, 0.15) is 28.7 Å². The zero-order valence-corrected chi connectivity index (χ0v) is 14.8. The summed E-state index contributed by atoms with van der Waals surface area (Å²) in [7, 11) is 0. The molecule has 0 saturated carbocycles. The van der Waals surface area contributed by atoms with Crippen LogP contribution in [0.2, 0.25) is 0 Å². The molecule has 2 heterocycles. The van der Waals surface area contributed by atoms with Crippen LogP contribution < -0.4 is 10.2 Å². The van der Waals surface area contributed by atoms with Crippen LogP contribution in [0.5, 0.6) is 0 Å². The van der Waals surface area contributed by atoms with E-state index in [0.29, 0.717) is 11.6 Å². The topological polar surface area (TPSA) is 58.1 Å². The first-order valence-electron chi connectivity index (χ1n) is 8.71. The molecule has 5 nitrogen and oxygen atoms in total. The lowest BCUT2D eigenvalue weighted by molar-refractivity contribution is 0.0976. The number of fused-ring (bicyclic) bond motifs is 1. The van der Waals surface area contributed by atoms with Crippen molar-refractivity contribution in [3.8, 4) is 0 Å². The van der Waals surface area contributed by atoms with Crippen molar-refractivity contribution in [3.63, 3.8) is 0 Å². The van der Waals surface area contributed by atoms with Crippen LogP contribution in [0, 0.1) is 6.92 Å². The second-order valence-electron chi connectivity index (χ2n) is 6.57. The van der Waals surface area contributed by atoms with Gasteiger partial charge in [-0.25, -0.2) is 9.97 Å². The molecule has 26 heavy (non-hydrogen) atoms. The molecule has 1 aliphatic rings. The van der Waals surface area contributed by atoms with Gasteiger partial charge in [-0.2, -0.15) is 0 Å². The monoisotopic (exact) mass is 344 g/mol. The minimum atomic E-state index is -0.0935. The first-order chi connectivity index (χ1) is 12.6. The summed E-state index contributed by atoms with van der Waals surface area (Å²) >= 11 is 0. The molecular formula is C21H20N4O. The molecule has 1 aliphatic heterocycles. The van der Waals surface area contributed by atoms with E-state index in [-0.39, 0.29) is 11.9 Å². The molecule has 1 N–H and O–H groups in total. The molecule has 5 heteroatoms. The molecule has 1 aromatic heterocycles. The van der Waals surface area contributed by atoms with Crippen LogP contribution in [-0.4, -0.2) is 21.9 Å². The van der Waals surface area contributed by atoms with E-state index in [4.69, 9.17) is 0 Å². The number of hydrogen-bond acceptors (Lipinski definition) is 4. The number of para-hydroxylation sites is 2. The van der Waals surface area contributed by atoms with Crippen molar-refractivity contribution < 1.29 is 4.79 Å². The highest BCUT2D eigenvalue weighted by Gasteiger charge is 2.32. The van der Waals surface area contributed by atoms with Gasteiger partial charge in [0.25, 0.3) is 5.91 Å². The number of nitrogens with zero attached hydrogens (tertiary/aromatic N) is 3. The summed E-state index contributed by atoms with van der Waals surface area (Å²) in [6.07, 6.45) is 0.862. The largest absolute Gasteiger partial charge is 0.324 e. The highest BCUT2D eigenvalue weighted by atomic mass is 16.2. The Hall–Kier alpha value is -3.21. The third-order valence-electron chi connectivity index (χ3n) is 4.53. The van der Waals surface area contributed by atoms with Gasteiger partial charge in [-0.05, 0) is 50.1 Å². The first kappa shape index (κ1) is 16.3. The molecule has 4 rings (SSSR count). The highest BCUT2D eigenvalue weighted by Crippen LogP contribution is 2.33. The van der Waals surface area contributed by atoms with Gasteiger partial charge in [0.1, 0.15) is 5.69 Å². The van der Waals surface area contributed by atoms with E-state index in [1.807, 2.05) is 60.4 Å². The van der Waals surface area contributed by atoms with Gasteiger partial charge in [0, 0.05) is 23.1 Å². The van der Waals surface area contributed by atoms with E-state index < -0.39 is 0 Å². The quantitative estimate of drug-likeness (QED) is 0.776. The number of aryl methyl sites for hydroxylation is 1. The molecule has 0 saturated heterocycles. The SMILES string of the molecule is Cc1cc(C(=O)N2c3ccccc3CC2C)nc(Nc2ccccc2)n1. The molecule has 1 amide bonds. The molecule has 2 aromatic carbocycles. The Morgan fingerprint density at radius 3 is 2.62 bits per heavy atom. The lowest BCUT2D eigenvalue weighted by atomic mass is 10.1. The Morgan fingerprint density at radius 1 is 1.08 bits per heavy atom. The summed E-state index contributed by atoms with van der Waals surface area (Å²) in [6.45, 7) is 3.94. The van der Waals surface area contributed by atoms with E-state index in [1.165, 1.54) is 5.56 Å². The maximum atomic E-state index is 13.2. The maximum absolute atomic E-state index is 13.2. The Kier molecular flexibility index (Phi) is 4.13. The van der Waals surface area contributed by atoms with Crippen molar-refractivity contribution in [3.05, 3.63) is 77.6 Å². The lowest BCUT2D eigenvalue weighted by Gasteiger charge is -2.22. The molecule has 130 valence electrons. The van der Waals surface area contributed by atoms with Gasteiger partial charge < -0.3 is 10.2 Å². The van der Waals surface area contributed by atoms with E-state index in [9.17, 15) is 4.79 Å². The molecular weight excluding hydrogens is 324 g/mol. The molecule has 3 aromatic rings. The minimum absolute atomic E-state index is 0.0935. The highest BCUT2D eigenvalue weighted by molar-refractivity contribution is 6.06. The predicted octanol–water partition coefficient (Wildman–Crippen LogP) is 4.12. The van der Waals surface area contributed by atoms with Gasteiger partial charge in [-0.3, -0.25) is 4.79 Å². The normalized spacial score (nSPS) is 15.6. The van der Waals surface area contributed by atoms with Gasteiger partial charge in [0.05, 0.1) is 0 Å². The zero-order valence-electron chi connectivity index (χ0n) is 14.8. The molecule has 1 atom stereocenters. The number of hydrogen-bond donors (Lipinski definition) is 1. The molecule has 0 bridgehead atoms. The minimum Gasteiger partial charge on any atom is -0.324 e. The predicted molar refractivity (Wildman–Crippen MR) is 103 cm³/mol. The Morgan fingerprint density at radius 2 is 1.81 bits per heavy atom. The standard InChI is InChI=1S/C21H20N4O/c1-14-12-18(24-21(22-14)23-17-9-4-3-5-10-17)20(26)25-15(2)13-16-8-6-7-11-19(16)25/h3-12,15H,13H2,1-2H3,(H,22,23,24). The summed E-state index contributed by atoms with van der Waals surface area (Å²) in [5.41, 5.74) is 4.21. The van der Waals surface area contributed by atoms with Gasteiger partial charge in [-0.1, -0.05) is 36.4 Å². The summed E-state index contributed by atoms with van der Waals surface area (Å²) in [6, 6.07) is 19.6. The van der Waals surface area contributed by atoms with Crippen LogP contribution in [0.4, 0.5) is 17.3 Å². The Balaban J connectivity index is 1.66. The summed E-state index contributed by atoms with van der Waals surface area (Å²) in [5, 5.41) is 3.17. The third kappa shape index (κ3) is 3.04. The maximum Gasteiger partial charge on any atom is 0.277 e. The number of aromatic nitrogens is 2. The van der Waals surface area contributed by atoms with Crippen LogP contribution in [-0.2, 0) is 6.42 Å². The van der Waals surface area contributed by atoms with Crippen molar-refractivity contribution >= 4 is 23.2 Å². The molecule has 0 radical (unpaired) electrons. The molecule has 0 aliphatic carbocycles. The number of carbonyl (C=O) groups excluding carboxylic acids is 1. The van der Waals surface area contributed by atoms with Crippen molar-refractivity contribution in [2.24, 2.45) is 0 Å². The van der Waals surface area contributed by atoms with Crippen LogP contribution >= 0.6 is 0 Å². The van der Waals surface area contributed by atoms with Crippen molar-refractivity contribution in [1.29, 1.82) is 0 Å². The number of benzene rings is 2. The van der Waals surface area contributed by atoms with Gasteiger partial charge in [-0.15, -0.1) is 0 Å². The average molecular weight is 344 g/mol. The molecule has 1 unspecified atom stereocenters. The van der Waals surface area contributed by atoms with Crippen molar-refractivity contribution in [2.45, 2.75) is 26.3 Å². The fourth-order valence-electron chi connectivity index (χ4n) is 3.38. The van der Waals surface area contributed by atoms with E-state index in [1.54, 1.807) is 6.07 Å². The second-order valence-corrected chi connectivity index (χ2v) is 6.57. The van der Waals surface area contributed by atoms with Crippen LogP contribution in [0.15, 0.2) is 60.7 Å². The van der Waals surface area contributed by atoms with Crippen LogP contribution in [0.25, 0.3) is 0 Å². The Labute approximate surface area is 152 Å². The summed E-state index contributed by atoms with van der Waals surface area (Å²) < 4.78 is 0. The first-order valence-corrected chi connectivity index (χ1v) is 8.71. The number of nitrogens with one attached hydrogen (secondary N) is 1. The average Bonchev–Trinajstić information content (AvgIpc) is 2.97. The number of carbonyl (C=O) groups is 1. The zero-order chi connectivity index (χ0) is 18.1. The van der Waals surface area contributed by atoms with E-state index in [0.717, 1.165) is 23.5 Å². The van der Waals surface area contributed by atoms with E-state index >= 15 is 0 Å².